The number of amides is 1. The molecule has 0 aliphatic rings. The van der Waals surface area contributed by atoms with Gasteiger partial charge in [-0.15, -0.1) is 0 Å². The third-order valence-electron chi connectivity index (χ3n) is 2.86. The van der Waals surface area contributed by atoms with Gasteiger partial charge in [0.05, 0.1) is 0 Å². The number of nitrogens with one attached hydrogen (secondary N) is 2. The van der Waals surface area contributed by atoms with E-state index in [9.17, 15) is 9.90 Å². The SMILES string of the molecule is Cc1cccc(NC(=O)C(O)Nc2cccc(C)c2)c1. The van der Waals surface area contributed by atoms with Gasteiger partial charge in [0.2, 0.25) is 6.23 Å². The Morgan fingerprint density at radius 1 is 1.00 bits per heavy atom. The molecule has 0 fully saturated rings. The maximum absolute atomic E-state index is 11.9. The zero-order chi connectivity index (χ0) is 14.5. The minimum Gasteiger partial charge on any atom is -0.366 e. The third kappa shape index (κ3) is 3.83. The van der Waals surface area contributed by atoms with Crippen molar-refractivity contribution in [3.8, 4) is 0 Å². The van der Waals surface area contributed by atoms with E-state index in [0.29, 0.717) is 11.4 Å². The van der Waals surface area contributed by atoms with Crippen LogP contribution >= 0.6 is 0 Å². The van der Waals surface area contributed by atoms with Gasteiger partial charge in [0, 0.05) is 11.4 Å². The number of benzene rings is 2. The van der Waals surface area contributed by atoms with Crippen LogP contribution in [0.5, 0.6) is 0 Å². The molecule has 2 aromatic carbocycles. The van der Waals surface area contributed by atoms with E-state index in [0.717, 1.165) is 11.1 Å². The second-order valence-corrected chi connectivity index (χ2v) is 4.78. The van der Waals surface area contributed by atoms with Gasteiger partial charge < -0.3 is 15.7 Å². The number of aryl methyl sites for hydroxylation is 2. The summed E-state index contributed by atoms with van der Waals surface area (Å²) in [5.41, 5.74) is 3.47. The van der Waals surface area contributed by atoms with Crippen molar-refractivity contribution in [2.75, 3.05) is 10.6 Å². The quantitative estimate of drug-likeness (QED) is 0.748. The van der Waals surface area contributed by atoms with Gasteiger partial charge in [-0.25, -0.2) is 0 Å². The van der Waals surface area contributed by atoms with Crippen molar-refractivity contribution in [1.82, 2.24) is 0 Å². The second kappa shape index (κ2) is 6.21. The Labute approximate surface area is 118 Å². The summed E-state index contributed by atoms with van der Waals surface area (Å²) >= 11 is 0. The number of hydrogen-bond donors (Lipinski definition) is 3. The maximum atomic E-state index is 11.9. The van der Waals surface area contributed by atoms with E-state index in [-0.39, 0.29) is 0 Å². The molecular formula is C16H18N2O2. The van der Waals surface area contributed by atoms with E-state index in [4.69, 9.17) is 0 Å². The van der Waals surface area contributed by atoms with Gasteiger partial charge in [0.25, 0.3) is 5.91 Å². The van der Waals surface area contributed by atoms with Crippen LogP contribution in [0.25, 0.3) is 0 Å². The molecule has 4 nitrogen and oxygen atoms in total. The highest BCUT2D eigenvalue weighted by atomic mass is 16.3. The Balaban J connectivity index is 1.98. The average Bonchev–Trinajstić information content (AvgIpc) is 2.38. The molecule has 0 spiro atoms. The molecular weight excluding hydrogens is 252 g/mol. The first kappa shape index (κ1) is 14.1. The normalized spacial score (nSPS) is 11.8. The van der Waals surface area contributed by atoms with Gasteiger partial charge in [-0.1, -0.05) is 24.3 Å². The van der Waals surface area contributed by atoms with Crippen LogP contribution < -0.4 is 10.6 Å². The van der Waals surface area contributed by atoms with Gasteiger partial charge in [0.1, 0.15) is 0 Å². The number of carbonyl (C=O) groups is 1. The summed E-state index contributed by atoms with van der Waals surface area (Å²) in [5, 5.41) is 15.3. The molecule has 0 radical (unpaired) electrons. The topological polar surface area (TPSA) is 61.4 Å². The van der Waals surface area contributed by atoms with E-state index < -0.39 is 12.1 Å². The first-order valence-corrected chi connectivity index (χ1v) is 6.43. The molecule has 0 saturated carbocycles. The van der Waals surface area contributed by atoms with E-state index >= 15 is 0 Å². The summed E-state index contributed by atoms with van der Waals surface area (Å²) < 4.78 is 0. The summed E-state index contributed by atoms with van der Waals surface area (Å²) in [7, 11) is 0. The van der Waals surface area contributed by atoms with Crippen molar-refractivity contribution in [2.24, 2.45) is 0 Å². The van der Waals surface area contributed by atoms with Crippen molar-refractivity contribution in [2.45, 2.75) is 20.1 Å². The molecule has 4 heteroatoms. The first-order valence-electron chi connectivity index (χ1n) is 6.43. The summed E-state index contributed by atoms with van der Waals surface area (Å²) in [6, 6.07) is 14.9. The van der Waals surface area contributed by atoms with Crippen molar-refractivity contribution in [1.29, 1.82) is 0 Å². The molecule has 1 unspecified atom stereocenters. The number of anilines is 2. The highest BCUT2D eigenvalue weighted by molar-refractivity contribution is 5.95. The van der Waals surface area contributed by atoms with Crippen LogP contribution in [-0.4, -0.2) is 17.2 Å². The summed E-state index contributed by atoms with van der Waals surface area (Å²) in [6.07, 6.45) is -1.29. The van der Waals surface area contributed by atoms with E-state index in [1.54, 1.807) is 12.1 Å². The van der Waals surface area contributed by atoms with E-state index in [1.807, 2.05) is 50.2 Å². The van der Waals surface area contributed by atoms with E-state index in [2.05, 4.69) is 10.6 Å². The molecule has 2 aromatic rings. The predicted octanol–water partition coefficient (Wildman–Crippen LogP) is 2.67. The minimum atomic E-state index is -1.29. The van der Waals surface area contributed by atoms with Gasteiger partial charge >= 0.3 is 0 Å². The van der Waals surface area contributed by atoms with Crippen LogP contribution in [0.2, 0.25) is 0 Å². The average molecular weight is 270 g/mol. The summed E-state index contributed by atoms with van der Waals surface area (Å²) in [4.78, 5) is 11.9. The van der Waals surface area contributed by atoms with Crippen molar-refractivity contribution < 1.29 is 9.90 Å². The number of carbonyl (C=O) groups excluding carboxylic acids is 1. The van der Waals surface area contributed by atoms with Crippen LogP contribution in [0.15, 0.2) is 48.5 Å². The van der Waals surface area contributed by atoms with Crippen LogP contribution in [0.1, 0.15) is 11.1 Å². The molecule has 0 heterocycles. The Morgan fingerprint density at radius 3 is 2.15 bits per heavy atom. The zero-order valence-electron chi connectivity index (χ0n) is 11.6. The number of aliphatic hydroxyl groups excluding tert-OH is 1. The summed E-state index contributed by atoms with van der Waals surface area (Å²) in [6.45, 7) is 3.89. The molecule has 0 bridgehead atoms. The fourth-order valence-corrected chi connectivity index (χ4v) is 1.89. The fourth-order valence-electron chi connectivity index (χ4n) is 1.89. The Kier molecular flexibility index (Phi) is 4.38. The standard InChI is InChI=1S/C16H18N2O2/c1-11-5-3-7-13(9-11)17-15(19)16(20)18-14-8-4-6-12(2)10-14/h3-10,15,17,19H,1-2H3,(H,18,20). The molecule has 0 aliphatic heterocycles. The third-order valence-corrected chi connectivity index (χ3v) is 2.86. The van der Waals surface area contributed by atoms with Crippen molar-refractivity contribution in [3.05, 3.63) is 59.7 Å². The molecule has 1 atom stereocenters. The number of hydrogen-bond acceptors (Lipinski definition) is 3. The predicted molar refractivity (Wildman–Crippen MR) is 80.6 cm³/mol. The van der Waals surface area contributed by atoms with Crippen molar-refractivity contribution >= 4 is 17.3 Å². The number of aliphatic hydroxyl groups is 1. The van der Waals surface area contributed by atoms with Crippen molar-refractivity contribution in [3.63, 3.8) is 0 Å². The fraction of sp³-hybridized carbons (Fsp3) is 0.188. The molecule has 1 amide bonds. The lowest BCUT2D eigenvalue weighted by Crippen LogP contribution is -2.34. The van der Waals surface area contributed by atoms with E-state index in [1.165, 1.54) is 0 Å². The Bertz CT molecular complexity index is 611. The lowest BCUT2D eigenvalue weighted by Gasteiger charge is -2.14. The van der Waals surface area contributed by atoms with Gasteiger partial charge in [-0.2, -0.15) is 0 Å². The first-order chi connectivity index (χ1) is 9.54. The van der Waals surface area contributed by atoms with Crippen LogP contribution in [0.3, 0.4) is 0 Å². The summed E-state index contributed by atoms with van der Waals surface area (Å²) in [5.74, 6) is -0.489. The lowest BCUT2D eigenvalue weighted by molar-refractivity contribution is -0.122. The van der Waals surface area contributed by atoms with Gasteiger partial charge in [-0.3, -0.25) is 4.79 Å². The monoisotopic (exact) mass is 270 g/mol. The lowest BCUT2D eigenvalue weighted by atomic mass is 10.2. The highest BCUT2D eigenvalue weighted by Gasteiger charge is 2.14. The highest BCUT2D eigenvalue weighted by Crippen LogP contribution is 2.12. The smallest absolute Gasteiger partial charge is 0.274 e. The zero-order valence-corrected chi connectivity index (χ0v) is 11.6. The van der Waals surface area contributed by atoms with Gasteiger partial charge in [-0.05, 0) is 49.2 Å². The largest absolute Gasteiger partial charge is 0.366 e. The molecule has 0 aliphatic carbocycles. The van der Waals surface area contributed by atoms with Crippen LogP contribution in [0, 0.1) is 13.8 Å². The van der Waals surface area contributed by atoms with Crippen LogP contribution in [0.4, 0.5) is 11.4 Å². The Morgan fingerprint density at radius 2 is 1.55 bits per heavy atom. The van der Waals surface area contributed by atoms with Gasteiger partial charge in [0.15, 0.2) is 0 Å². The molecule has 3 N–H and O–H groups in total. The second-order valence-electron chi connectivity index (χ2n) is 4.78. The molecule has 2 rings (SSSR count). The van der Waals surface area contributed by atoms with Crippen LogP contribution in [-0.2, 0) is 4.79 Å². The molecule has 104 valence electrons. The Hall–Kier alpha value is -2.33. The molecule has 20 heavy (non-hydrogen) atoms. The minimum absolute atomic E-state index is 0.489. The molecule has 0 aromatic heterocycles. The maximum Gasteiger partial charge on any atom is 0.274 e. The number of rotatable bonds is 4. The molecule has 0 saturated heterocycles.